The van der Waals surface area contributed by atoms with Crippen molar-refractivity contribution < 1.29 is 4.79 Å². The normalized spacial score (nSPS) is 10.4. The summed E-state index contributed by atoms with van der Waals surface area (Å²) in [6.07, 6.45) is 4.28. The van der Waals surface area contributed by atoms with Crippen molar-refractivity contribution in [1.29, 1.82) is 0 Å². The van der Waals surface area contributed by atoms with Crippen LogP contribution in [0, 0.1) is 13.8 Å². The standard InChI is InChI=1S/C18H21N7O/c1-12-4-3-5-14(8-12)23-18(26)25-17-22-13(2)9-16(24-17)20-7-6-15-10-19-11-21-15/h3-5,8-11H,6-7H2,1-2H3,(H,19,21)(H3,20,22,23,24,25,26). The molecule has 2 amide bonds. The van der Waals surface area contributed by atoms with Crippen molar-refractivity contribution in [2.45, 2.75) is 20.3 Å². The lowest BCUT2D eigenvalue weighted by atomic mass is 10.2. The van der Waals surface area contributed by atoms with Gasteiger partial charge < -0.3 is 15.6 Å². The molecule has 8 nitrogen and oxygen atoms in total. The molecule has 2 aromatic heterocycles. The minimum atomic E-state index is -0.385. The lowest BCUT2D eigenvalue weighted by Crippen LogP contribution is -2.21. The van der Waals surface area contributed by atoms with E-state index < -0.39 is 0 Å². The topological polar surface area (TPSA) is 108 Å². The highest BCUT2D eigenvalue weighted by molar-refractivity contribution is 5.98. The van der Waals surface area contributed by atoms with E-state index >= 15 is 0 Å². The number of nitrogens with zero attached hydrogens (tertiary/aromatic N) is 3. The number of nitrogens with one attached hydrogen (secondary N) is 4. The van der Waals surface area contributed by atoms with Gasteiger partial charge in [-0.2, -0.15) is 4.98 Å². The van der Waals surface area contributed by atoms with Crippen LogP contribution in [-0.4, -0.2) is 32.5 Å². The Balaban J connectivity index is 1.58. The highest BCUT2D eigenvalue weighted by atomic mass is 16.2. The van der Waals surface area contributed by atoms with Gasteiger partial charge in [-0.05, 0) is 31.5 Å². The van der Waals surface area contributed by atoms with E-state index in [1.807, 2.05) is 50.4 Å². The first kappa shape index (κ1) is 17.4. The van der Waals surface area contributed by atoms with Crippen LogP contribution >= 0.6 is 0 Å². The average molecular weight is 351 g/mol. The summed E-state index contributed by atoms with van der Waals surface area (Å²) in [6.45, 7) is 4.49. The molecule has 8 heteroatoms. The van der Waals surface area contributed by atoms with Crippen LogP contribution in [0.4, 0.5) is 22.2 Å². The molecule has 0 unspecified atom stereocenters. The highest BCUT2D eigenvalue weighted by Gasteiger charge is 2.07. The predicted octanol–water partition coefficient (Wildman–Crippen LogP) is 3.12. The van der Waals surface area contributed by atoms with E-state index in [1.165, 1.54) is 0 Å². The number of imidazole rings is 1. The summed E-state index contributed by atoms with van der Waals surface area (Å²) in [7, 11) is 0. The monoisotopic (exact) mass is 351 g/mol. The Morgan fingerprint density at radius 1 is 1.15 bits per heavy atom. The molecule has 0 fully saturated rings. The second kappa shape index (κ2) is 8.11. The Morgan fingerprint density at radius 3 is 2.81 bits per heavy atom. The summed E-state index contributed by atoms with van der Waals surface area (Å²) in [4.78, 5) is 27.8. The Morgan fingerprint density at radius 2 is 2.04 bits per heavy atom. The maximum atomic E-state index is 12.2. The third-order valence-electron chi connectivity index (χ3n) is 3.60. The van der Waals surface area contributed by atoms with E-state index in [0.29, 0.717) is 18.1 Å². The maximum absolute atomic E-state index is 12.2. The molecule has 0 spiro atoms. The molecule has 4 N–H and O–H groups in total. The highest BCUT2D eigenvalue weighted by Crippen LogP contribution is 2.12. The zero-order valence-corrected chi connectivity index (χ0v) is 14.7. The summed E-state index contributed by atoms with van der Waals surface area (Å²) in [5.74, 6) is 0.899. The summed E-state index contributed by atoms with van der Waals surface area (Å²) >= 11 is 0. The van der Waals surface area contributed by atoms with Gasteiger partial charge in [0.1, 0.15) is 5.82 Å². The second-order valence-electron chi connectivity index (χ2n) is 5.90. The fraction of sp³-hybridized carbons (Fsp3) is 0.222. The van der Waals surface area contributed by atoms with Gasteiger partial charge in [0.05, 0.1) is 12.0 Å². The van der Waals surface area contributed by atoms with Crippen molar-refractivity contribution in [3.63, 3.8) is 0 Å². The first-order valence-electron chi connectivity index (χ1n) is 8.30. The summed E-state index contributed by atoms with van der Waals surface area (Å²) in [6, 6.07) is 9.01. The van der Waals surface area contributed by atoms with E-state index in [1.54, 1.807) is 6.33 Å². The zero-order valence-electron chi connectivity index (χ0n) is 14.7. The summed E-state index contributed by atoms with van der Waals surface area (Å²) in [5, 5.41) is 8.65. The Labute approximate surface area is 151 Å². The molecule has 0 saturated carbocycles. The number of carbonyl (C=O) groups is 1. The van der Waals surface area contributed by atoms with E-state index in [9.17, 15) is 4.79 Å². The molecule has 0 aliphatic carbocycles. The van der Waals surface area contributed by atoms with Gasteiger partial charge >= 0.3 is 6.03 Å². The van der Waals surface area contributed by atoms with Gasteiger partial charge in [0, 0.05) is 36.6 Å². The van der Waals surface area contributed by atoms with Gasteiger partial charge in [-0.15, -0.1) is 0 Å². The Kier molecular flexibility index (Phi) is 5.43. The zero-order chi connectivity index (χ0) is 18.4. The third-order valence-corrected chi connectivity index (χ3v) is 3.60. The fourth-order valence-electron chi connectivity index (χ4n) is 2.45. The number of hydrogen-bond acceptors (Lipinski definition) is 5. The number of aromatic nitrogens is 4. The maximum Gasteiger partial charge on any atom is 0.326 e. The van der Waals surface area contributed by atoms with Gasteiger partial charge in [0.15, 0.2) is 0 Å². The smallest absolute Gasteiger partial charge is 0.326 e. The number of anilines is 3. The number of rotatable bonds is 6. The molecule has 0 saturated heterocycles. The number of urea groups is 1. The average Bonchev–Trinajstić information content (AvgIpc) is 3.07. The van der Waals surface area contributed by atoms with Crippen LogP contribution in [0.5, 0.6) is 0 Å². The van der Waals surface area contributed by atoms with Gasteiger partial charge in [-0.1, -0.05) is 12.1 Å². The van der Waals surface area contributed by atoms with Crippen molar-refractivity contribution in [1.82, 2.24) is 19.9 Å². The molecule has 0 aliphatic rings. The van der Waals surface area contributed by atoms with Crippen molar-refractivity contribution in [3.8, 4) is 0 Å². The van der Waals surface area contributed by atoms with Crippen LogP contribution in [0.25, 0.3) is 0 Å². The fourth-order valence-corrected chi connectivity index (χ4v) is 2.45. The number of aryl methyl sites for hydroxylation is 2. The minimum absolute atomic E-state index is 0.248. The van der Waals surface area contributed by atoms with Crippen molar-refractivity contribution in [2.75, 3.05) is 22.5 Å². The number of carbonyl (C=O) groups excluding carboxylic acids is 1. The molecule has 0 atom stereocenters. The summed E-state index contributed by atoms with van der Waals surface area (Å²) in [5.41, 5.74) is 3.51. The first-order chi connectivity index (χ1) is 12.6. The molecular formula is C18H21N7O. The number of aromatic amines is 1. The minimum Gasteiger partial charge on any atom is -0.370 e. The van der Waals surface area contributed by atoms with Crippen molar-refractivity contribution >= 4 is 23.5 Å². The van der Waals surface area contributed by atoms with Crippen LogP contribution in [0.2, 0.25) is 0 Å². The van der Waals surface area contributed by atoms with Crippen LogP contribution in [-0.2, 0) is 6.42 Å². The predicted molar refractivity (Wildman–Crippen MR) is 101 cm³/mol. The van der Waals surface area contributed by atoms with Crippen LogP contribution in [0.1, 0.15) is 17.0 Å². The van der Waals surface area contributed by atoms with E-state index in [0.717, 1.165) is 23.4 Å². The molecule has 3 aromatic rings. The third kappa shape index (κ3) is 5.04. The van der Waals surface area contributed by atoms with Crippen LogP contribution < -0.4 is 16.0 Å². The Hall–Kier alpha value is -3.42. The SMILES string of the molecule is Cc1cccc(NC(=O)Nc2nc(C)cc(NCCc3c[nH]cn3)n2)c1. The quantitative estimate of drug-likeness (QED) is 0.546. The number of amides is 2. The molecule has 3 rings (SSSR count). The van der Waals surface area contributed by atoms with E-state index in [2.05, 4.69) is 35.9 Å². The van der Waals surface area contributed by atoms with Gasteiger partial charge in [-0.3, -0.25) is 5.32 Å². The largest absolute Gasteiger partial charge is 0.370 e. The number of benzene rings is 1. The number of H-pyrrole nitrogens is 1. The van der Waals surface area contributed by atoms with Crippen molar-refractivity contribution in [2.24, 2.45) is 0 Å². The van der Waals surface area contributed by atoms with E-state index in [-0.39, 0.29) is 12.0 Å². The molecule has 2 heterocycles. The molecule has 26 heavy (non-hydrogen) atoms. The van der Waals surface area contributed by atoms with Crippen molar-refractivity contribution in [3.05, 3.63) is 59.8 Å². The van der Waals surface area contributed by atoms with Crippen LogP contribution in [0.15, 0.2) is 42.9 Å². The second-order valence-corrected chi connectivity index (χ2v) is 5.90. The van der Waals surface area contributed by atoms with Gasteiger partial charge in [-0.25, -0.2) is 14.8 Å². The van der Waals surface area contributed by atoms with Gasteiger partial charge in [0.2, 0.25) is 5.95 Å². The lowest BCUT2D eigenvalue weighted by Gasteiger charge is -2.10. The first-order valence-corrected chi connectivity index (χ1v) is 8.30. The molecular weight excluding hydrogens is 330 g/mol. The number of hydrogen-bond donors (Lipinski definition) is 4. The van der Waals surface area contributed by atoms with Gasteiger partial charge in [0.25, 0.3) is 0 Å². The molecule has 0 aliphatic heterocycles. The Bertz CT molecular complexity index is 877. The molecule has 0 bridgehead atoms. The van der Waals surface area contributed by atoms with Crippen LogP contribution in [0.3, 0.4) is 0 Å². The van der Waals surface area contributed by atoms with E-state index in [4.69, 9.17) is 0 Å². The molecule has 0 radical (unpaired) electrons. The summed E-state index contributed by atoms with van der Waals surface area (Å²) < 4.78 is 0. The lowest BCUT2D eigenvalue weighted by molar-refractivity contribution is 0.262. The molecule has 1 aromatic carbocycles. The molecule has 134 valence electrons.